The van der Waals surface area contributed by atoms with Crippen LogP contribution in [-0.4, -0.2) is 26.5 Å². The molecule has 0 aliphatic carbocycles. The summed E-state index contributed by atoms with van der Waals surface area (Å²) < 4.78 is 7.89. The van der Waals surface area contributed by atoms with Gasteiger partial charge in [-0.05, 0) is 30.5 Å². The first kappa shape index (κ1) is 19.0. The van der Waals surface area contributed by atoms with Crippen LogP contribution in [0.25, 0.3) is 16.5 Å². The van der Waals surface area contributed by atoms with E-state index in [4.69, 9.17) is 4.74 Å². The molecule has 1 aromatic heterocycles. The molecular formula is C22H18N3O3S-. The van der Waals surface area contributed by atoms with Crippen molar-refractivity contribution in [2.45, 2.75) is 18.7 Å². The second-order valence-corrected chi connectivity index (χ2v) is 7.44. The zero-order valence-corrected chi connectivity index (χ0v) is 16.6. The summed E-state index contributed by atoms with van der Waals surface area (Å²) in [5.74, 6) is -0.0103. The number of hydrogen-bond acceptors (Lipinski definition) is 6. The number of thioether (sulfide) groups is 1. The van der Waals surface area contributed by atoms with Crippen LogP contribution in [0.5, 0.6) is 5.75 Å². The number of carboxylic acids is 1. The Balaban J connectivity index is 1.66. The number of aromatic nitrogens is 3. The van der Waals surface area contributed by atoms with Gasteiger partial charge in [0.05, 0.1) is 5.97 Å². The molecule has 0 spiro atoms. The second kappa shape index (κ2) is 8.36. The van der Waals surface area contributed by atoms with E-state index in [-0.39, 0.29) is 12.4 Å². The van der Waals surface area contributed by atoms with Gasteiger partial charge in [0, 0.05) is 16.8 Å². The number of ether oxygens (including phenoxy) is 1. The molecule has 0 radical (unpaired) electrons. The lowest BCUT2D eigenvalue weighted by Gasteiger charge is -2.12. The molecule has 0 fully saturated rings. The predicted octanol–water partition coefficient (Wildman–Crippen LogP) is 3.15. The largest absolute Gasteiger partial charge is 0.549 e. The van der Waals surface area contributed by atoms with E-state index in [9.17, 15) is 9.90 Å². The third-order valence-corrected chi connectivity index (χ3v) is 5.32. The highest BCUT2D eigenvalue weighted by Gasteiger charge is 2.15. The van der Waals surface area contributed by atoms with Crippen molar-refractivity contribution in [2.24, 2.45) is 0 Å². The second-order valence-electron chi connectivity index (χ2n) is 6.50. The summed E-state index contributed by atoms with van der Waals surface area (Å²) in [5, 5.41) is 21.9. The van der Waals surface area contributed by atoms with Crippen molar-refractivity contribution in [3.8, 4) is 11.4 Å². The number of carbonyl (C=O) groups is 1. The molecule has 0 saturated carbocycles. The number of nitrogens with zero attached hydrogens (tertiary/aromatic N) is 3. The van der Waals surface area contributed by atoms with E-state index < -0.39 is 5.97 Å². The van der Waals surface area contributed by atoms with Crippen LogP contribution in [0.3, 0.4) is 0 Å². The summed E-state index contributed by atoms with van der Waals surface area (Å²) in [6, 6.07) is 21.8. The van der Waals surface area contributed by atoms with Gasteiger partial charge in [-0.25, -0.2) is 0 Å². The molecular weight excluding hydrogens is 386 g/mol. The average Bonchev–Trinajstić information content (AvgIpc) is 3.14. The highest BCUT2D eigenvalue weighted by molar-refractivity contribution is 7.99. The van der Waals surface area contributed by atoms with Crippen LogP contribution in [-0.2, 0) is 11.4 Å². The molecule has 0 unspecified atom stereocenters. The molecule has 0 aliphatic rings. The molecule has 7 heteroatoms. The lowest BCUT2D eigenvalue weighted by atomic mass is 10.1. The molecule has 0 bridgehead atoms. The molecule has 1 heterocycles. The summed E-state index contributed by atoms with van der Waals surface area (Å²) in [4.78, 5) is 10.9. The summed E-state index contributed by atoms with van der Waals surface area (Å²) >= 11 is 1.07. The third-order valence-electron chi connectivity index (χ3n) is 4.42. The molecule has 0 amide bonds. The molecule has 4 aromatic rings. The minimum atomic E-state index is -1.15. The maximum atomic E-state index is 10.9. The Morgan fingerprint density at radius 2 is 1.79 bits per heavy atom. The number of aryl methyl sites for hydroxylation is 1. The van der Waals surface area contributed by atoms with Crippen LogP contribution in [0, 0.1) is 6.92 Å². The molecule has 4 rings (SSSR count). The van der Waals surface area contributed by atoms with Crippen molar-refractivity contribution in [1.29, 1.82) is 0 Å². The third kappa shape index (κ3) is 4.25. The van der Waals surface area contributed by atoms with Crippen LogP contribution in [0.4, 0.5) is 0 Å². The molecule has 146 valence electrons. The van der Waals surface area contributed by atoms with Gasteiger partial charge in [-0.15, -0.1) is 10.2 Å². The number of hydrogen-bond donors (Lipinski definition) is 0. The Morgan fingerprint density at radius 1 is 1.03 bits per heavy atom. The lowest BCUT2D eigenvalue weighted by Crippen LogP contribution is -2.24. The number of benzene rings is 3. The first-order chi connectivity index (χ1) is 14.1. The molecule has 0 atom stereocenters. The van der Waals surface area contributed by atoms with E-state index in [1.165, 1.54) is 0 Å². The van der Waals surface area contributed by atoms with Crippen molar-refractivity contribution < 1.29 is 14.6 Å². The van der Waals surface area contributed by atoms with Crippen LogP contribution >= 0.6 is 11.8 Å². The maximum absolute atomic E-state index is 10.9. The summed E-state index contributed by atoms with van der Waals surface area (Å²) in [6.45, 7) is 2.20. The number of rotatable bonds is 7. The average molecular weight is 404 g/mol. The molecule has 0 saturated heterocycles. The van der Waals surface area contributed by atoms with Crippen LogP contribution in [0.2, 0.25) is 0 Å². The van der Waals surface area contributed by atoms with Gasteiger partial charge < -0.3 is 14.6 Å². The van der Waals surface area contributed by atoms with E-state index >= 15 is 0 Å². The van der Waals surface area contributed by atoms with Crippen LogP contribution in [0.15, 0.2) is 71.9 Å². The van der Waals surface area contributed by atoms with Gasteiger partial charge in [-0.1, -0.05) is 65.9 Å². The van der Waals surface area contributed by atoms with Crippen LogP contribution < -0.4 is 9.84 Å². The fraction of sp³-hybridized carbons (Fsp3) is 0.136. The standard InChI is InChI=1S/C22H19N3O3S/c1-15-9-11-17(12-10-15)25-20(23-24-22(25)29-14-21(26)27)13-28-19-8-4-6-16-5-2-3-7-18(16)19/h2-12H,13-14H2,1H3,(H,26,27)/p-1. The summed E-state index contributed by atoms with van der Waals surface area (Å²) in [5.41, 5.74) is 1.97. The van der Waals surface area contributed by atoms with E-state index in [0.717, 1.165) is 39.5 Å². The van der Waals surface area contributed by atoms with Crippen molar-refractivity contribution in [3.05, 3.63) is 78.1 Å². The number of aliphatic carboxylic acids is 1. The molecule has 0 aliphatic heterocycles. The molecule has 6 nitrogen and oxygen atoms in total. The monoisotopic (exact) mass is 404 g/mol. The first-order valence-electron chi connectivity index (χ1n) is 9.06. The number of carbonyl (C=O) groups excluding carboxylic acids is 1. The van der Waals surface area contributed by atoms with Gasteiger partial charge in [-0.3, -0.25) is 4.57 Å². The zero-order chi connectivity index (χ0) is 20.2. The van der Waals surface area contributed by atoms with Gasteiger partial charge >= 0.3 is 0 Å². The fourth-order valence-electron chi connectivity index (χ4n) is 3.03. The predicted molar refractivity (Wildman–Crippen MR) is 110 cm³/mol. The summed E-state index contributed by atoms with van der Waals surface area (Å²) in [7, 11) is 0. The number of carboxylic acid groups (broad SMARTS) is 1. The van der Waals surface area contributed by atoms with Gasteiger partial charge in [0.15, 0.2) is 11.0 Å². The van der Waals surface area contributed by atoms with Gasteiger partial charge in [0.2, 0.25) is 0 Å². The van der Waals surface area contributed by atoms with Gasteiger partial charge in [-0.2, -0.15) is 0 Å². The quantitative estimate of drug-likeness (QED) is 0.440. The Morgan fingerprint density at radius 3 is 2.59 bits per heavy atom. The highest BCUT2D eigenvalue weighted by atomic mass is 32.2. The van der Waals surface area contributed by atoms with E-state index in [2.05, 4.69) is 10.2 Å². The Labute approximate surface area is 172 Å². The van der Waals surface area contributed by atoms with Crippen molar-refractivity contribution in [3.63, 3.8) is 0 Å². The minimum absolute atomic E-state index is 0.195. The van der Waals surface area contributed by atoms with Crippen molar-refractivity contribution in [2.75, 3.05) is 5.75 Å². The molecule has 29 heavy (non-hydrogen) atoms. The molecule has 3 aromatic carbocycles. The Kier molecular flexibility index (Phi) is 5.48. The minimum Gasteiger partial charge on any atom is -0.549 e. The Hall–Kier alpha value is -3.32. The topological polar surface area (TPSA) is 80.1 Å². The smallest absolute Gasteiger partial charge is 0.196 e. The van der Waals surface area contributed by atoms with E-state index in [1.807, 2.05) is 78.2 Å². The van der Waals surface area contributed by atoms with E-state index in [1.54, 1.807) is 0 Å². The van der Waals surface area contributed by atoms with Gasteiger partial charge in [0.25, 0.3) is 0 Å². The van der Waals surface area contributed by atoms with Gasteiger partial charge in [0.1, 0.15) is 12.4 Å². The SMILES string of the molecule is Cc1ccc(-n2c(COc3cccc4ccccc34)nnc2SCC(=O)[O-])cc1. The lowest BCUT2D eigenvalue weighted by molar-refractivity contribution is -0.301. The van der Waals surface area contributed by atoms with Crippen molar-refractivity contribution >= 4 is 28.5 Å². The number of fused-ring (bicyclic) bond motifs is 1. The van der Waals surface area contributed by atoms with Crippen molar-refractivity contribution in [1.82, 2.24) is 14.8 Å². The Bertz CT molecular complexity index is 1150. The van der Waals surface area contributed by atoms with E-state index in [0.29, 0.717) is 11.0 Å². The maximum Gasteiger partial charge on any atom is 0.196 e. The summed E-state index contributed by atoms with van der Waals surface area (Å²) in [6.07, 6.45) is 0. The molecule has 0 N–H and O–H groups in total. The normalized spacial score (nSPS) is 10.9. The fourth-order valence-corrected chi connectivity index (χ4v) is 3.71. The highest BCUT2D eigenvalue weighted by Crippen LogP contribution is 2.27. The first-order valence-corrected chi connectivity index (χ1v) is 10.0. The van der Waals surface area contributed by atoms with Crippen LogP contribution in [0.1, 0.15) is 11.4 Å². The zero-order valence-electron chi connectivity index (χ0n) is 15.7.